The summed E-state index contributed by atoms with van der Waals surface area (Å²) in [5.74, 6) is -0.598. The lowest BCUT2D eigenvalue weighted by molar-refractivity contribution is 0.0209. The third-order valence-electron chi connectivity index (χ3n) is 4.57. The second-order valence-electron chi connectivity index (χ2n) is 6.27. The lowest BCUT2D eigenvalue weighted by Gasteiger charge is -2.32. The average molecular weight is 372 g/mol. The molecule has 3 aromatic rings. The van der Waals surface area contributed by atoms with E-state index in [9.17, 15) is 25.2 Å². The zero-order valence-electron chi connectivity index (χ0n) is 14.2. The van der Waals surface area contributed by atoms with Crippen molar-refractivity contribution in [2.45, 2.75) is 18.6 Å². The van der Waals surface area contributed by atoms with Gasteiger partial charge < -0.3 is 34.3 Å². The van der Waals surface area contributed by atoms with Crippen molar-refractivity contribution >= 4 is 11.0 Å². The molecule has 0 unspecified atom stereocenters. The van der Waals surface area contributed by atoms with Crippen LogP contribution in [0.3, 0.4) is 0 Å². The van der Waals surface area contributed by atoms with E-state index >= 15 is 0 Å². The first-order valence-electron chi connectivity index (χ1n) is 8.12. The molecule has 0 amide bonds. The van der Waals surface area contributed by atoms with Crippen molar-refractivity contribution < 1.29 is 34.3 Å². The van der Waals surface area contributed by atoms with E-state index in [0.717, 1.165) is 0 Å². The van der Waals surface area contributed by atoms with Gasteiger partial charge in [-0.05, 0) is 18.2 Å². The van der Waals surface area contributed by atoms with Crippen LogP contribution >= 0.6 is 0 Å². The number of aromatic hydroxyl groups is 3. The van der Waals surface area contributed by atoms with Gasteiger partial charge in [-0.25, -0.2) is 4.79 Å². The minimum absolute atomic E-state index is 0.0639. The largest absolute Gasteiger partial charge is 0.507 e. The number of methoxy groups -OCH3 is 1. The molecule has 0 spiro atoms. The van der Waals surface area contributed by atoms with Crippen LogP contribution in [0.25, 0.3) is 11.0 Å². The van der Waals surface area contributed by atoms with Gasteiger partial charge in [0.15, 0.2) is 17.6 Å². The molecular formula is C19H16O8. The third kappa shape index (κ3) is 2.70. The Morgan fingerprint density at radius 2 is 1.78 bits per heavy atom. The maximum atomic E-state index is 11.4. The fraction of sp³-hybridized carbons (Fsp3) is 0.211. The first kappa shape index (κ1) is 17.0. The Morgan fingerprint density at radius 3 is 2.44 bits per heavy atom. The van der Waals surface area contributed by atoms with Crippen LogP contribution < -0.4 is 15.1 Å². The van der Waals surface area contributed by atoms with Crippen LogP contribution in [0.1, 0.15) is 17.2 Å². The summed E-state index contributed by atoms with van der Waals surface area (Å²) in [6.45, 7) is 0. The molecule has 8 heteroatoms. The molecule has 0 saturated heterocycles. The fourth-order valence-electron chi connectivity index (χ4n) is 3.35. The zero-order chi connectivity index (χ0) is 19.3. The molecule has 0 aliphatic carbocycles. The highest BCUT2D eigenvalue weighted by Crippen LogP contribution is 2.46. The van der Waals surface area contributed by atoms with Crippen molar-refractivity contribution in [1.29, 1.82) is 0 Å². The Labute approximate surface area is 152 Å². The molecule has 27 heavy (non-hydrogen) atoms. The lowest BCUT2D eigenvalue weighted by Crippen LogP contribution is -2.30. The van der Waals surface area contributed by atoms with Gasteiger partial charge in [-0.2, -0.15) is 0 Å². The Hall–Kier alpha value is -3.39. The normalized spacial score (nSPS) is 18.7. The monoisotopic (exact) mass is 372 g/mol. The molecule has 8 nitrogen and oxygen atoms in total. The van der Waals surface area contributed by atoms with Crippen LogP contribution in [0, 0.1) is 0 Å². The number of ether oxygens (including phenoxy) is 2. The average Bonchev–Trinajstić information content (AvgIpc) is 2.61. The molecule has 0 bridgehead atoms. The smallest absolute Gasteiger partial charge is 0.336 e. The van der Waals surface area contributed by atoms with Crippen molar-refractivity contribution in [3.05, 3.63) is 51.9 Å². The SMILES string of the molecule is COc1c(O)cc([C@H]2Oc3c(c(O)cc4oc(=O)ccc34)C[C@@H]2O)cc1O. The number of aliphatic hydroxyl groups excluding tert-OH is 1. The van der Waals surface area contributed by atoms with Gasteiger partial charge in [-0.3, -0.25) is 0 Å². The Balaban J connectivity index is 1.85. The second-order valence-corrected chi connectivity index (χ2v) is 6.27. The van der Waals surface area contributed by atoms with Crippen LogP contribution in [0.2, 0.25) is 0 Å². The van der Waals surface area contributed by atoms with Gasteiger partial charge in [0.25, 0.3) is 0 Å². The highest BCUT2D eigenvalue weighted by molar-refractivity contribution is 5.87. The van der Waals surface area contributed by atoms with Gasteiger partial charge in [0.1, 0.15) is 17.1 Å². The topological polar surface area (TPSA) is 130 Å². The van der Waals surface area contributed by atoms with Crippen LogP contribution in [0.15, 0.2) is 39.5 Å². The third-order valence-corrected chi connectivity index (χ3v) is 4.57. The summed E-state index contributed by atoms with van der Waals surface area (Å²) in [4.78, 5) is 11.4. The predicted octanol–water partition coefficient (Wildman–Crippen LogP) is 1.96. The van der Waals surface area contributed by atoms with Crippen molar-refractivity contribution in [3.8, 4) is 28.7 Å². The Morgan fingerprint density at radius 1 is 1.07 bits per heavy atom. The molecule has 0 saturated carbocycles. The summed E-state index contributed by atoms with van der Waals surface area (Å²) >= 11 is 0. The van der Waals surface area contributed by atoms with Gasteiger partial charge >= 0.3 is 5.63 Å². The number of phenols is 3. The minimum atomic E-state index is -1.05. The molecule has 1 aromatic heterocycles. The minimum Gasteiger partial charge on any atom is -0.507 e. The number of aliphatic hydroxyl groups is 1. The van der Waals surface area contributed by atoms with Gasteiger partial charge in [0, 0.05) is 29.7 Å². The van der Waals surface area contributed by atoms with E-state index in [2.05, 4.69) is 0 Å². The molecule has 4 rings (SSSR count). The molecule has 1 aliphatic rings. The molecule has 0 radical (unpaired) electrons. The zero-order valence-corrected chi connectivity index (χ0v) is 14.2. The van der Waals surface area contributed by atoms with Crippen molar-refractivity contribution in [2.75, 3.05) is 7.11 Å². The molecule has 140 valence electrons. The van der Waals surface area contributed by atoms with Crippen molar-refractivity contribution in [1.82, 2.24) is 0 Å². The van der Waals surface area contributed by atoms with E-state index in [1.165, 1.54) is 37.4 Å². The fourth-order valence-corrected chi connectivity index (χ4v) is 3.35. The summed E-state index contributed by atoms with van der Waals surface area (Å²) < 4.78 is 15.9. The summed E-state index contributed by atoms with van der Waals surface area (Å²) in [5, 5.41) is 41.2. The molecule has 1 aliphatic heterocycles. The van der Waals surface area contributed by atoms with Crippen molar-refractivity contribution in [2.24, 2.45) is 0 Å². The summed E-state index contributed by atoms with van der Waals surface area (Å²) in [6.07, 6.45) is -1.92. The number of phenolic OH excluding ortho intramolecular Hbond substituents is 3. The maximum Gasteiger partial charge on any atom is 0.336 e. The highest BCUT2D eigenvalue weighted by atomic mass is 16.5. The van der Waals surface area contributed by atoms with E-state index in [0.29, 0.717) is 16.5 Å². The molecular weight excluding hydrogens is 356 g/mol. The number of hydrogen-bond acceptors (Lipinski definition) is 8. The van der Waals surface area contributed by atoms with E-state index in [-0.39, 0.29) is 40.8 Å². The van der Waals surface area contributed by atoms with Gasteiger partial charge in [-0.15, -0.1) is 0 Å². The van der Waals surface area contributed by atoms with Gasteiger partial charge in [-0.1, -0.05) is 0 Å². The molecule has 2 heterocycles. The number of benzene rings is 2. The predicted molar refractivity (Wildman–Crippen MR) is 93.6 cm³/mol. The standard InChI is InChI=1S/C19H16O8/c1-25-19-12(21)4-8(5-13(19)22)17-14(23)6-10-11(20)7-15-9(18(10)27-17)2-3-16(24)26-15/h2-5,7,14,17,20-23H,6H2,1H3/t14-,17+/m0/s1. The Kier molecular flexibility index (Phi) is 3.85. The van der Waals surface area contributed by atoms with E-state index in [1.807, 2.05) is 0 Å². The lowest BCUT2D eigenvalue weighted by atomic mass is 9.92. The number of hydrogen-bond donors (Lipinski definition) is 4. The first-order chi connectivity index (χ1) is 12.9. The molecule has 2 aromatic carbocycles. The van der Waals surface area contributed by atoms with E-state index < -0.39 is 17.8 Å². The van der Waals surface area contributed by atoms with Crippen LogP contribution in [-0.4, -0.2) is 33.6 Å². The van der Waals surface area contributed by atoms with Crippen LogP contribution in [0.4, 0.5) is 0 Å². The summed E-state index contributed by atoms with van der Waals surface area (Å²) in [5.41, 5.74) is 0.272. The number of rotatable bonds is 2. The number of fused-ring (bicyclic) bond motifs is 3. The molecule has 4 N–H and O–H groups in total. The quantitative estimate of drug-likeness (QED) is 0.502. The van der Waals surface area contributed by atoms with Gasteiger partial charge in [0.05, 0.1) is 18.6 Å². The van der Waals surface area contributed by atoms with Crippen LogP contribution in [-0.2, 0) is 6.42 Å². The van der Waals surface area contributed by atoms with Crippen molar-refractivity contribution in [3.63, 3.8) is 0 Å². The highest BCUT2D eigenvalue weighted by Gasteiger charge is 2.34. The maximum absolute atomic E-state index is 11.4. The van der Waals surface area contributed by atoms with E-state index in [1.54, 1.807) is 0 Å². The van der Waals surface area contributed by atoms with Gasteiger partial charge in [0.2, 0.25) is 5.75 Å². The molecule has 0 fully saturated rings. The summed E-state index contributed by atoms with van der Waals surface area (Å²) in [6, 6.07) is 6.69. The van der Waals surface area contributed by atoms with Crippen LogP contribution in [0.5, 0.6) is 28.7 Å². The summed E-state index contributed by atoms with van der Waals surface area (Å²) in [7, 11) is 1.30. The van der Waals surface area contributed by atoms with E-state index in [4.69, 9.17) is 13.9 Å². The second kappa shape index (κ2) is 6.10. The Bertz CT molecular complexity index is 1080. The first-order valence-corrected chi connectivity index (χ1v) is 8.12. The molecule has 2 atom stereocenters.